The zero-order chi connectivity index (χ0) is 14.6. The minimum Gasteiger partial charge on any atom is -0.478 e. The topological polar surface area (TPSA) is 71.4 Å². The quantitative estimate of drug-likeness (QED) is 0.872. The molecule has 4 nitrogen and oxygen atoms in total. The molecule has 5 heteroatoms. The number of benzene rings is 1. The summed E-state index contributed by atoms with van der Waals surface area (Å²) in [5.74, 6) is -0.917. The van der Waals surface area contributed by atoms with Crippen LogP contribution < -0.4 is 0 Å². The number of aromatic carboxylic acids is 1. The van der Waals surface area contributed by atoms with Crippen LogP contribution in [-0.4, -0.2) is 25.2 Å². The van der Waals surface area contributed by atoms with E-state index in [0.29, 0.717) is 5.56 Å². The van der Waals surface area contributed by atoms with Crippen LogP contribution in [0.25, 0.3) is 0 Å². The summed E-state index contributed by atoms with van der Waals surface area (Å²) in [7, 11) is -3.43. The van der Waals surface area contributed by atoms with E-state index in [1.807, 2.05) is 13.8 Å². The van der Waals surface area contributed by atoms with Crippen LogP contribution in [0.1, 0.15) is 42.6 Å². The number of carbonyl (C=O) groups is 1. The molecule has 0 aliphatic rings. The highest BCUT2D eigenvalue weighted by molar-refractivity contribution is 7.91. The van der Waals surface area contributed by atoms with Crippen molar-refractivity contribution in [2.24, 2.45) is 5.92 Å². The van der Waals surface area contributed by atoms with E-state index < -0.39 is 15.8 Å². The van der Waals surface area contributed by atoms with Gasteiger partial charge in [0.1, 0.15) is 0 Å². The van der Waals surface area contributed by atoms with E-state index in [2.05, 4.69) is 0 Å². The van der Waals surface area contributed by atoms with Crippen molar-refractivity contribution < 1.29 is 18.3 Å². The lowest BCUT2D eigenvalue weighted by molar-refractivity contribution is 0.0696. The Kier molecular flexibility index (Phi) is 5.11. The summed E-state index contributed by atoms with van der Waals surface area (Å²) in [5, 5.41) is 9.04. The maximum Gasteiger partial charge on any atom is 0.335 e. The Labute approximate surface area is 114 Å². The monoisotopic (exact) mass is 284 g/mol. The Morgan fingerprint density at radius 1 is 1.26 bits per heavy atom. The third-order valence-corrected chi connectivity index (χ3v) is 5.48. The number of hydrogen-bond donors (Lipinski definition) is 1. The Balaban J connectivity index is 3.22. The number of hydrogen-bond acceptors (Lipinski definition) is 3. The average molecular weight is 284 g/mol. The smallest absolute Gasteiger partial charge is 0.335 e. The molecule has 0 aliphatic heterocycles. The van der Waals surface area contributed by atoms with Gasteiger partial charge in [0.15, 0.2) is 9.84 Å². The van der Waals surface area contributed by atoms with Crippen LogP contribution in [0.15, 0.2) is 23.1 Å². The largest absolute Gasteiger partial charge is 0.478 e. The predicted octanol–water partition coefficient (Wildman–Crippen LogP) is 2.90. The van der Waals surface area contributed by atoms with Crippen LogP contribution in [0.5, 0.6) is 0 Å². The minimum absolute atomic E-state index is 0.0469. The Morgan fingerprint density at radius 3 is 2.32 bits per heavy atom. The molecule has 1 N–H and O–H groups in total. The standard InChI is InChI=1S/C14H20O4S/c1-4-11(5-2)9-19(17,18)13-8-6-7-12(10(13)3)14(15)16/h6-8,11H,4-5,9H2,1-3H3,(H,15,16). The first-order valence-electron chi connectivity index (χ1n) is 6.39. The highest BCUT2D eigenvalue weighted by Crippen LogP contribution is 2.23. The summed E-state index contributed by atoms with van der Waals surface area (Å²) < 4.78 is 24.7. The summed E-state index contributed by atoms with van der Waals surface area (Å²) in [5.41, 5.74) is 0.367. The van der Waals surface area contributed by atoms with Crippen LogP contribution >= 0.6 is 0 Å². The van der Waals surface area contributed by atoms with E-state index in [1.165, 1.54) is 18.2 Å². The van der Waals surface area contributed by atoms with Gasteiger partial charge in [-0.3, -0.25) is 0 Å². The van der Waals surface area contributed by atoms with Crippen molar-refractivity contribution in [2.45, 2.75) is 38.5 Å². The molecule has 1 aromatic rings. The molecule has 0 aromatic heterocycles. The van der Waals surface area contributed by atoms with Crippen molar-refractivity contribution in [1.82, 2.24) is 0 Å². The third kappa shape index (κ3) is 3.56. The number of sulfone groups is 1. The predicted molar refractivity (Wildman–Crippen MR) is 74.3 cm³/mol. The zero-order valence-electron chi connectivity index (χ0n) is 11.5. The second-order valence-corrected chi connectivity index (χ2v) is 6.70. The van der Waals surface area contributed by atoms with Crippen LogP contribution in [0.4, 0.5) is 0 Å². The van der Waals surface area contributed by atoms with Gasteiger partial charge in [0.05, 0.1) is 16.2 Å². The maximum atomic E-state index is 12.4. The van der Waals surface area contributed by atoms with E-state index in [9.17, 15) is 13.2 Å². The second kappa shape index (κ2) is 6.19. The van der Waals surface area contributed by atoms with Crippen LogP contribution in [-0.2, 0) is 9.84 Å². The van der Waals surface area contributed by atoms with Crippen LogP contribution in [0.2, 0.25) is 0 Å². The van der Waals surface area contributed by atoms with Gasteiger partial charge in [-0.2, -0.15) is 0 Å². The lowest BCUT2D eigenvalue weighted by Crippen LogP contribution is -2.17. The lowest BCUT2D eigenvalue weighted by Gasteiger charge is -2.15. The number of carboxylic acid groups (broad SMARTS) is 1. The maximum absolute atomic E-state index is 12.4. The van der Waals surface area contributed by atoms with Crippen molar-refractivity contribution in [3.8, 4) is 0 Å². The van der Waals surface area contributed by atoms with Gasteiger partial charge >= 0.3 is 5.97 Å². The third-order valence-electron chi connectivity index (χ3n) is 3.46. The van der Waals surface area contributed by atoms with E-state index >= 15 is 0 Å². The molecular formula is C14H20O4S. The highest BCUT2D eigenvalue weighted by atomic mass is 32.2. The van der Waals surface area contributed by atoms with Gasteiger partial charge in [0, 0.05) is 0 Å². The van der Waals surface area contributed by atoms with Gasteiger partial charge < -0.3 is 5.11 Å². The molecule has 0 unspecified atom stereocenters. The molecule has 0 aliphatic carbocycles. The fourth-order valence-corrected chi connectivity index (χ4v) is 4.24. The first kappa shape index (κ1) is 15.7. The van der Waals surface area contributed by atoms with Crippen molar-refractivity contribution >= 4 is 15.8 Å². The second-order valence-electron chi connectivity index (χ2n) is 4.70. The Morgan fingerprint density at radius 2 is 1.84 bits per heavy atom. The average Bonchev–Trinajstić information content (AvgIpc) is 2.35. The zero-order valence-corrected chi connectivity index (χ0v) is 12.3. The van der Waals surface area contributed by atoms with Gasteiger partial charge in [-0.1, -0.05) is 32.8 Å². The number of carboxylic acids is 1. The molecule has 0 radical (unpaired) electrons. The fraction of sp³-hybridized carbons (Fsp3) is 0.500. The Bertz CT molecular complexity index is 557. The molecule has 0 heterocycles. The molecule has 0 saturated heterocycles. The van der Waals surface area contributed by atoms with Crippen molar-refractivity contribution in [3.63, 3.8) is 0 Å². The first-order chi connectivity index (χ1) is 8.83. The van der Waals surface area contributed by atoms with Gasteiger partial charge in [0.2, 0.25) is 0 Å². The summed E-state index contributed by atoms with van der Waals surface area (Å²) >= 11 is 0. The van der Waals surface area contributed by atoms with Crippen molar-refractivity contribution in [1.29, 1.82) is 0 Å². The molecule has 106 valence electrons. The van der Waals surface area contributed by atoms with E-state index in [4.69, 9.17) is 5.11 Å². The molecule has 0 atom stereocenters. The summed E-state index contributed by atoms with van der Waals surface area (Å²) in [4.78, 5) is 11.2. The van der Waals surface area contributed by atoms with Gasteiger partial charge in [-0.25, -0.2) is 13.2 Å². The number of rotatable bonds is 6. The highest BCUT2D eigenvalue weighted by Gasteiger charge is 2.23. The molecule has 0 saturated carbocycles. The SMILES string of the molecule is CCC(CC)CS(=O)(=O)c1cccc(C(=O)O)c1C. The van der Waals surface area contributed by atoms with Gasteiger partial charge in [-0.05, 0) is 30.5 Å². The van der Waals surface area contributed by atoms with Gasteiger partial charge in [0.25, 0.3) is 0 Å². The van der Waals surface area contributed by atoms with Crippen molar-refractivity contribution in [2.75, 3.05) is 5.75 Å². The van der Waals surface area contributed by atoms with E-state index in [-0.39, 0.29) is 22.1 Å². The molecule has 0 spiro atoms. The molecule has 0 amide bonds. The minimum atomic E-state index is -3.43. The van der Waals surface area contributed by atoms with E-state index in [1.54, 1.807) is 6.92 Å². The molecule has 1 aromatic carbocycles. The van der Waals surface area contributed by atoms with Crippen LogP contribution in [0, 0.1) is 12.8 Å². The Hall–Kier alpha value is -1.36. The lowest BCUT2D eigenvalue weighted by atomic mass is 10.1. The molecule has 1 rings (SSSR count). The normalized spacial score (nSPS) is 11.8. The van der Waals surface area contributed by atoms with Crippen LogP contribution in [0.3, 0.4) is 0 Å². The summed E-state index contributed by atoms with van der Waals surface area (Å²) in [6, 6.07) is 4.39. The molecular weight excluding hydrogens is 264 g/mol. The molecule has 0 bridgehead atoms. The molecule has 0 fully saturated rings. The summed E-state index contributed by atoms with van der Waals surface area (Å²) in [6.07, 6.45) is 1.60. The first-order valence-corrected chi connectivity index (χ1v) is 8.04. The summed E-state index contributed by atoms with van der Waals surface area (Å²) in [6.45, 7) is 5.47. The van der Waals surface area contributed by atoms with E-state index in [0.717, 1.165) is 12.8 Å². The van der Waals surface area contributed by atoms with Crippen molar-refractivity contribution in [3.05, 3.63) is 29.3 Å². The van der Waals surface area contributed by atoms with Gasteiger partial charge in [-0.15, -0.1) is 0 Å². The fourth-order valence-electron chi connectivity index (χ4n) is 2.11. The molecule has 19 heavy (non-hydrogen) atoms.